The third-order valence-corrected chi connectivity index (χ3v) is 2.55. The molecule has 1 amide bonds. The van der Waals surface area contributed by atoms with Gasteiger partial charge in [0.25, 0.3) is 5.91 Å². The monoisotopic (exact) mass is 209 g/mol. The van der Waals surface area contributed by atoms with E-state index in [1.54, 1.807) is 17.9 Å². The van der Waals surface area contributed by atoms with Crippen LogP contribution in [-0.2, 0) is 11.8 Å². The maximum absolute atomic E-state index is 11.7. The summed E-state index contributed by atoms with van der Waals surface area (Å²) in [7, 11) is 1.73. The van der Waals surface area contributed by atoms with Gasteiger partial charge >= 0.3 is 5.97 Å². The second-order valence-corrected chi connectivity index (χ2v) is 3.64. The number of aryl methyl sites for hydroxylation is 1. The van der Waals surface area contributed by atoms with Crippen molar-refractivity contribution in [3.63, 3.8) is 0 Å². The van der Waals surface area contributed by atoms with E-state index >= 15 is 0 Å². The first kappa shape index (κ1) is 9.70. The van der Waals surface area contributed by atoms with E-state index in [1.807, 2.05) is 0 Å². The first-order valence-electron chi connectivity index (χ1n) is 4.58. The first-order valence-corrected chi connectivity index (χ1v) is 4.58. The summed E-state index contributed by atoms with van der Waals surface area (Å²) >= 11 is 0. The van der Waals surface area contributed by atoms with Crippen LogP contribution in [-0.4, -0.2) is 44.5 Å². The largest absolute Gasteiger partial charge is 0.481 e. The molecule has 1 aromatic heterocycles. The predicted octanol–water partition coefficient (Wildman–Crippen LogP) is -0.423. The molecule has 1 fully saturated rings. The van der Waals surface area contributed by atoms with Crippen molar-refractivity contribution in [2.45, 2.75) is 0 Å². The van der Waals surface area contributed by atoms with E-state index in [9.17, 15) is 9.59 Å². The summed E-state index contributed by atoms with van der Waals surface area (Å²) in [6, 6.07) is 0. The van der Waals surface area contributed by atoms with Gasteiger partial charge in [0.05, 0.1) is 18.4 Å². The van der Waals surface area contributed by atoms with E-state index < -0.39 is 11.9 Å². The van der Waals surface area contributed by atoms with Gasteiger partial charge in [-0.3, -0.25) is 9.59 Å². The average molecular weight is 209 g/mol. The van der Waals surface area contributed by atoms with E-state index in [2.05, 4.69) is 4.98 Å². The molecule has 0 unspecified atom stereocenters. The number of rotatable bonds is 2. The van der Waals surface area contributed by atoms with Crippen molar-refractivity contribution >= 4 is 11.9 Å². The minimum atomic E-state index is -0.843. The Kier molecular flexibility index (Phi) is 2.18. The molecule has 1 saturated heterocycles. The molecule has 1 aliphatic rings. The summed E-state index contributed by atoms with van der Waals surface area (Å²) in [5.74, 6) is -1.42. The zero-order chi connectivity index (χ0) is 11.0. The number of carbonyl (C=O) groups excluding carboxylic acids is 1. The lowest BCUT2D eigenvalue weighted by Gasteiger charge is -2.36. The lowest BCUT2D eigenvalue weighted by molar-refractivity contribution is -0.146. The van der Waals surface area contributed by atoms with E-state index in [0.29, 0.717) is 18.8 Å². The van der Waals surface area contributed by atoms with E-state index in [0.717, 1.165) is 0 Å². The summed E-state index contributed by atoms with van der Waals surface area (Å²) < 4.78 is 1.62. The maximum atomic E-state index is 11.7. The molecule has 1 aliphatic heterocycles. The highest BCUT2D eigenvalue weighted by molar-refractivity contribution is 5.93. The lowest BCUT2D eigenvalue weighted by atomic mass is 10.0. The van der Waals surface area contributed by atoms with Crippen LogP contribution in [0.2, 0.25) is 0 Å². The maximum Gasteiger partial charge on any atom is 0.310 e. The molecule has 0 aromatic carbocycles. The summed E-state index contributed by atoms with van der Waals surface area (Å²) in [6.07, 6.45) is 3.03. The Bertz CT molecular complexity index is 406. The summed E-state index contributed by atoms with van der Waals surface area (Å²) in [6.45, 7) is 0.582. The van der Waals surface area contributed by atoms with Gasteiger partial charge in [0.15, 0.2) is 0 Å². The van der Waals surface area contributed by atoms with Crippen molar-refractivity contribution in [1.82, 2.24) is 14.5 Å². The molecule has 6 nitrogen and oxygen atoms in total. The van der Waals surface area contributed by atoms with E-state index in [4.69, 9.17) is 5.11 Å². The molecule has 2 rings (SSSR count). The molecule has 0 radical (unpaired) electrons. The van der Waals surface area contributed by atoms with Gasteiger partial charge in [0.2, 0.25) is 0 Å². The highest BCUT2D eigenvalue weighted by Gasteiger charge is 2.36. The molecular weight excluding hydrogens is 198 g/mol. The zero-order valence-electron chi connectivity index (χ0n) is 8.25. The van der Waals surface area contributed by atoms with Crippen LogP contribution >= 0.6 is 0 Å². The lowest BCUT2D eigenvalue weighted by Crippen LogP contribution is -2.53. The SMILES string of the molecule is Cn1cncc1C(=O)N1CC(C(=O)O)C1. The number of hydrogen-bond acceptors (Lipinski definition) is 3. The van der Waals surface area contributed by atoms with Crippen LogP contribution in [0.1, 0.15) is 10.5 Å². The third-order valence-electron chi connectivity index (χ3n) is 2.55. The Labute approximate surface area is 86.1 Å². The Morgan fingerprint density at radius 1 is 1.53 bits per heavy atom. The first-order chi connectivity index (χ1) is 7.09. The predicted molar refractivity (Wildman–Crippen MR) is 50.2 cm³/mol. The van der Waals surface area contributed by atoms with Crippen molar-refractivity contribution in [1.29, 1.82) is 0 Å². The molecule has 0 saturated carbocycles. The Balaban J connectivity index is 2.01. The van der Waals surface area contributed by atoms with E-state index in [1.165, 1.54) is 11.1 Å². The van der Waals surface area contributed by atoms with Crippen LogP contribution < -0.4 is 0 Å². The average Bonchev–Trinajstić information content (AvgIpc) is 2.47. The van der Waals surface area contributed by atoms with Crippen molar-refractivity contribution in [3.8, 4) is 0 Å². The number of aliphatic carboxylic acids is 1. The Hall–Kier alpha value is -1.85. The summed E-state index contributed by atoms with van der Waals surface area (Å²) in [4.78, 5) is 27.6. The van der Waals surface area contributed by atoms with Gasteiger partial charge in [-0.05, 0) is 0 Å². The smallest absolute Gasteiger partial charge is 0.310 e. The van der Waals surface area contributed by atoms with Crippen molar-refractivity contribution in [2.24, 2.45) is 13.0 Å². The third kappa shape index (κ3) is 1.58. The topological polar surface area (TPSA) is 75.4 Å². The fraction of sp³-hybridized carbons (Fsp3) is 0.444. The molecule has 1 aromatic rings. The van der Waals surface area contributed by atoms with Gasteiger partial charge in [0, 0.05) is 20.1 Å². The van der Waals surface area contributed by atoms with Crippen LogP contribution in [0.3, 0.4) is 0 Å². The zero-order valence-corrected chi connectivity index (χ0v) is 8.25. The molecule has 80 valence electrons. The van der Waals surface area contributed by atoms with E-state index in [-0.39, 0.29) is 5.91 Å². The van der Waals surface area contributed by atoms with Gasteiger partial charge in [0.1, 0.15) is 5.69 Å². The molecule has 0 spiro atoms. The minimum absolute atomic E-state index is 0.160. The summed E-state index contributed by atoms with van der Waals surface area (Å²) in [5.41, 5.74) is 0.485. The van der Waals surface area contributed by atoms with Gasteiger partial charge in [-0.25, -0.2) is 4.98 Å². The molecule has 6 heteroatoms. The molecule has 15 heavy (non-hydrogen) atoms. The molecule has 2 heterocycles. The molecule has 0 aliphatic carbocycles. The number of nitrogens with zero attached hydrogens (tertiary/aromatic N) is 3. The van der Waals surface area contributed by atoms with Gasteiger partial charge in [-0.2, -0.15) is 0 Å². The highest BCUT2D eigenvalue weighted by atomic mass is 16.4. The van der Waals surface area contributed by atoms with Crippen LogP contribution in [0.15, 0.2) is 12.5 Å². The van der Waals surface area contributed by atoms with Crippen LogP contribution in [0.5, 0.6) is 0 Å². The number of carbonyl (C=O) groups is 2. The second-order valence-electron chi connectivity index (χ2n) is 3.64. The molecular formula is C9H11N3O3. The van der Waals surface area contributed by atoms with Gasteiger partial charge in [-0.1, -0.05) is 0 Å². The van der Waals surface area contributed by atoms with Crippen LogP contribution in [0, 0.1) is 5.92 Å². The molecule has 0 atom stereocenters. The number of aromatic nitrogens is 2. The number of likely N-dealkylation sites (tertiary alicyclic amines) is 1. The number of imidazole rings is 1. The number of amides is 1. The number of hydrogen-bond donors (Lipinski definition) is 1. The second kappa shape index (κ2) is 3.38. The van der Waals surface area contributed by atoms with Crippen molar-refractivity contribution in [3.05, 3.63) is 18.2 Å². The standard InChI is InChI=1S/C9H11N3O3/c1-11-5-10-2-7(11)8(13)12-3-6(4-12)9(14)15/h2,5-6H,3-4H2,1H3,(H,14,15). The number of carboxylic acids is 1. The van der Waals surface area contributed by atoms with Gasteiger partial charge in [-0.15, -0.1) is 0 Å². The number of carboxylic acid groups (broad SMARTS) is 1. The van der Waals surface area contributed by atoms with Crippen molar-refractivity contribution in [2.75, 3.05) is 13.1 Å². The quantitative estimate of drug-likeness (QED) is 0.717. The summed E-state index contributed by atoms with van der Waals surface area (Å²) in [5, 5.41) is 8.66. The minimum Gasteiger partial charge on any atom is -0.481 e. The van der Waals surface area contributed by atoms with Crippen LogP contribution in [0.25, 0.3) is 0 Å². The van der Waals surface area contributed by atoms with Crippen molar-refractivity contribution < 1.29 is 14.7 Å². The molecule has 0 bridgehead atoms. The molecule has 1 N–H and O–H groups in total. The van der Waals surface area contributed by atoms with Gasteiger partial charge < -0.3 is 14.6 Å². The highest BCUT2D eigenvalue weighted by Crippen LogP contribution is 2.18. The fourth-order valence-electron chi connectivity index (χ4n) is 1.53. The Morgan fingerprint density at radius 3 is 2.67 bits per heavy atom. The fourth-order valence-corrected chi connectivity index (χ4v) is 1.53. The normalized spacial score (nSPS) is 16.2. The van der Waals surface area contributed by atoms with Crippen LogP contribution in [0.4, 0.5) is 0 Å². The Morgan fingerprint density at radius 2 is 2.20 bits per heavy atom.